The van der Waals surface area contributed by atoms with Gasteiger partial charge in [-0.15, -0.1) is 4.83 Å². The average molecular weight is 471 g/mol. The van der Waals surface area contributed by atoms with Crippen LogP contribution in [0.4, 0.5) is 10.1 Å². The Morgan fingerprint density at radius 1 is 1.21 bits per heavy atom. The maximum absolute atomic E-state index is 13.7. The van der Waals surface area contributed by atoms with Gasteiger partial charge in [0.1, 0.15) is 16.8 Å². The van der Waals surface area contributed by atoms with Crippen molar-refractivity contribution >= 4 is 28.5 Å². The van der Waals surface area contributed by atoms with Gasteiger partial charge in [-0.25, -0.2) is 13.3 Å². The Morgan fingerprint density at radius 2 is 2.00 bits per heavy atom. The normalized spacial score (nSPS) is 11.5. The van der Waals surface area contributed by atoms with Crippen molar-refractivity contribution in [1.82, 2.24) is 25.4 Å². The monoisotopic (exact) mass is 470 g/mol. The second-order valence-electron chi connectivity index (χ2n) is 6.91. The molecule has 4 N–H and O–H groups in total. The highest BCUT2D eigenvalue weighted by molar-refractivity contribution is 7.83. The van der Waals surface area contributed by atoms with E-state index in [1.165, 1.54) is 24.3 Å². The number of hydrogen-bond acceptors (Lipinski definition) is 5. The first kappa shape index (κ1) is 23.8. The number of anilines is 1. The molecular weight excluding hydrogens is 447 g/mol. The van der Waals surface area contributed by atoms with Gasteiger partial charge in [-0.1, -0.05) is 18.7 Å². The van der Waals surface area contributed by atoms with Crippen molar-refractivity contribution < 1.29 is 18.2 Å². The van der Waals surface area contributed by atoms with Crippen LogP contribution in [-0.2, 0) is 15.8 Å². The highest BCUT2D eigenvalue weighted by Crippen LogP contribution is 2.16. The fourth-order valence-corrected chi connectivity index (χ4v) is 3.60. The number of halogens is 1. The third-order valence-corrected chi connectivity index (χ3v) is 5.42. The molecule has 0 aliphatic heterocycles. The summed E-state index contributed by atoms with van der Waals surface area (Å²) in [5.74, 6) is -1.42. The first-order valence-corrected chi connectivity index (χ1v) is 11.1. The second kappa shape index (κ2) is 11.2. The molecular formula is C22H23FN6O3S. The van der Waals surface area contributed by atoms with Crippen LogP contribution in [0.1, 0.15) is 15.9 Å². The topological polar surface area (TPSA) is 117 Å². The van der Waals surface area contributed by atoms with E-state index >= 15 is 0 Å². The van der Waals surface area contributed by atoms with Crippen molar-refractivity contribution in [2.75, 3.05) is 18.4 Å². The van der Waals surface area contributed by atoms with Crippen molar-refractivity contribution in [3.8, 4) is 5.69 Å². The molecule has 3 aromatic rings. The van der Waals surface area contributed by atoms with Crippen LogP contribution < -0.4 is 20.9 Å². The molecule has 2 aromatic carbocycles. The number of carbonyl (C=O) groups excluding carboxylic acids is 2. The second-order valence-corrected chi connectivity index (χ2v) is 8.09. The van der Waals surface area contributed by atoms with E-state index in [2.05, 4.69) is 32.6 Å². The van der Waals surface area contributed by atoms with Gasteiger partial charge < -0.3 is 10.6 Å². The minimum atomic E-state index is -1.96. The van der Waals surface area contributed by atoms with Gasteiger partial charge in [0.25, 0.3) is 5.91 Å². The van der Waals surface area contributed by atoms with Gasteiger partial charge in [0.2, 0.25) is 5.91 Å². The SMILES string of the molecule is C=CC(=O)NCCNc1cnn(-c2cc(C)cc(C(=O)NNS(=O)c3ccccc3F)c2)c1. The molecule has 1 aromatic heterocycles. The zero-order valence-electron chi connectivity index (χ0n) is 17.8. The van der Waals surface area contributed by atoms with Crippen molar-refractivity contribution in [2.24, 2.45) is 0 Å². The molecule has 11 heteroatoms. The van der Waals surface area contributed by atoms with Gasteiger partial charge in [-0.3, -0.25) is 15.0 Å². The summed E-state index contributed by atoms with van der Waals surface area (Å²) in [6, 6.07) is 10.7. The van der Waals surface area contributed by atoms with E-state index in [-0.39, 0.29) is 10.8 Å². The maximum atomic E-state index is 13.7. The number of hydrogen-bond donors (Lipinski definition) is 4. The zero-order chi connectivity index (χ0) is 23.8. The fraction of sp³-hybridized carbons (Fsp3) is 0.136. The molecule has 0 radical (unpaired) electrons. The molecule has 0 saturated heterocycles. The van der Waals surface area contributed by atoms with Crippen LogP contribution in [-0.4, -0.2) is 38.9 Å². The number of aryl methyl sites for hydroxylation is 1. The Hall–Kier alpha value is -3.83. The molecule has 1 heterocycles. The summed E-state index contributed by atoms with van der Waals surface area (Å²) in [5, 5.41) is 10.1. The van der Waals surface area contributed by atoms with Gasteiger partial charge in [-0.2, -0.15) is 5.10 Å². The molecule has 9 nitrogen and oxygen atoms in total. The first-order valence-electron chi connectivity index (χ1n) is 9.90. The first-order chi connectivity index (χ1) is 15.9. The molecule has 2 amide bonds. The minimum Gasteiger partial charge on any atom is -0.381 e. The molecule has 33 heavy (non-hydrogen) atoms. The molecule has 3 rings (SSSR count). The van der Waals surface area contributed by atoms with E-state index in [0.29, 0.717) is 24.3 Å². The number of rotatable bonds is 10. The number of nitrogens with one attached hydrogen (secondary N) is 4. The fourth-order valence-electron chi connectivity index (χ4n) is 2.86. The number of aromatic nitrogens is 2. The molecule has 0 bridgehead atoms. The molecule has 1 atom stereocenters. The van der Waals surface area contributed by atoms with Crippen molar-refractivity contribution in [3.63, 3.8) is 0 Å². The number of nitrogens with zero attached hydrogens (tertiary/aromatic N) is 2. The van der Waals surface area contributed by atoms with E-state index < -0.39 is 22.7 Å². The van der Waals surface area contributed by atoms with Crippen LogP contribution in [0.15, 0.2) is 72.4 Å². The van der Waals surface area contributed by atoms with Gasteiger partial charge in [0.05, 0.1) is 28.7 Å². The summed E-state index contributed by atoms with van der Waals surface area (Å²) in [7, 11) is -1.96. The number of hydrazine groups is 1. The standard InChI is InChI=1S/C22H23FN6O3S/c1-3-21(30)25-9-8-24-17-13-26-29(14-17)18-11-15(2)10-16(12-18)22(31)27-28-33(32)20-7-5-4-6-19(20)23/h3-7,10-14,24,28H,1,8-9H2,2H3,(H,25,30)(H,27,31). The molecule has 0 fully saturated rings. The van der Waals surface area contributed by atoms with E-state index in [9.17, 15) is 18.2 Å². The van der Waals surface area contributed by atoms with E-state index in [1.807, 2.05) is 13.0 Å². The number of carbonyl (C=O) groups is 2. The highest BCUT2D eigenvalue weighted by Gasteiger charge is 2.13. The zero-order valence-corrected chi connectivity index (χ0v) is 18.6. The Morgan fingerprint density at radius 3 is 2.76 bits per heavy atom. The predicted octanol–water partition coefficient (Wildman–Crippen LogP) is 1.99. The van der Waals surface area contributed by atoms with E-state index in [1.54, 1.807) is 35.3 Å². The van der Waals surface area contributed by atoms with E-state index in [0.717, 1.165) is 11.3 Å². The summed E-state index contributed by atoms with van der Waals surface area (Å²) in [6.45, 7) is 6.14. The number of benzene rings is 2. The Labute approximate surface area is 192 Å². The highest BCUT2D eigenvalue weighted by atomic mass is 32.2. The Bertz CT molecular complexity index is 1200. The molecule has 172 valence electrons. The molecule has 0 saturated carbocycles. The average Bonchev–Trinajstić information content (AvgIpc) is 3.29. The summed E-state index contributed by atoms with van der Waals surface area (Å²) in [6.07, 6.45) is 4.57. The predicted molar refractivity (Wildman–Crippen MR) is 123 cm³/mol. The lowest BCUT2D eigenvalue weighted by Gasteiger charge is -2.10. The van der Waals surface area contributed by atoms with Crippen molar-refractivity contribution in [3.05, 3.63) is 84.5 Å². The van der Waals surface area contributed by atoms with Crippen molar-refractivity contribution in [1.29, 1.82) is 0 Å². The quantitative estimate of drug-likeness (QED) is 0.205. The lowest BCUT2D eigenvalue weighted by atomic mass is 10.1. The summed E-state index contributed by atoms with van der Waals surface area (Å²) in [4.78, 5) is 26.0. The molecule has 1 unspecified atom stereocenters. The third kappa shape index (κ3) is 6.57. The van der Waals surface area contributed by atoms with Crippen LogP contribution in [0, 0.1) is 12.7 Å². The van der Waals surface area contributed by atoms with Crippen LogP contribution in [0.3, 0.4) is 0 Å². The molecule has 0 spiro atoms. The Balaban J connectivity index is 1.63. The van der Waals surface area contributed by atoms with Crippen LogP contribution >= 0.6 is 0 Å². The lowest BCUT2D eigenvalue weighted by Crippen LogP contribution is -2.38. The van der Waals surface area contributed by atoms with Gasteiger partial charge in [0, 0.05) is 18.7 Å². The van der Waals surface area contributed by atoms with Gasteiger partial charge in [0.15, 0.2) is 0 Å². The van der Waals surface area contributed by atoms with Crippen LogP contribution in [0.2, 0.25) is 0 Å². The van der Waals surface area contributed by atoms with Crippen LogP contribution in [0.25, 0.3) is 5.69 Å². The molecule has 0 aliphatic carbocycles. The Kier molecular flexibility index (Phi) is 8.06. The van der Waals surface area contributed by atoms with Gasteiger partial charge >= 0.3 is 0 Å². The van der Waals surface area contributed by atoms with E-state index in [4.69, 9.17) is 0 Å². The van der Waals surface area contributed by atoms with Gasteiger partial charge in [-0.05, 0) is 48.9 Å². The summed E-state index contributed by atoms with van der Waals surface area (Å²) >= 11 is 0. The van der Waals surface area contributed by atoms with Crippen molar-refractivity contribution in [2.45, 2.75) is 11.8 Å². The molecule has 0 aliphatic rings. The third-order valence-electron chi connectivity index (χ3n) is 4.40. The number of amides is 2. The van der Waals surface area contributed by atoms with Crippen LogP contribution in [0.5, 0.6) is 0 Å². The summed E-state index contributed by atoms with van der Waals surface area (Å²) in [5.41, 5.74) is 4.84. The largest absolute Gasteiger partial charge is 0.381 e. The smallest absolute Gasteiger partial charge is 0.266 e. The summed E-state index contributed by atoms with van der Waals surface area (Å²) < 4.78 is 27.6. The minimum absolute atomic E-state index is 0.0663. The maximum Gasteiger partial charge on any atom is 0.266 e. The lowest BCUT2D eigenvalue weighted by molar-refractivity contribution is -0.116.